The number of aryl methyl sites for hydroxylation is 2. The highest BCUT2D eigenvalue weighted by molar-refractivity contribution is 7.09. The van der Waals surface area contributed by atoms with Crippen molar-refractivity contribution in [2.45, 2.75) is 26.7 Å². The highest BCUT2D eigenvalue weighted by atomic mass is 32.1. The Hall–Kier alpha value is -2.67. The van der Waals surface area contributed by atoms with E-state index in [2.05, 4.69) is 27.4 Å². The van der Waals surface area contributed by atoms with Crippen LogP contribution < -0.4 is 10.1 Å². The topological polar surface area (TPSA) is 79.9 Å². The van der Waals surface area contributed by atoms with E-state index in [0.717, 1.165) is 28.5 Å². The number of thiazole rings is 1. The number of aromatic nitrogens is 3. The number of ether oxygens (including phenoxy) is 1. The van der Waals surface area contributed by atoms with Crippen LogP contribution in [0.15, 0.2) is 35.7 Å². The van der Waals surface area contributed by atoms with Gasteiger partial charge in [0.2, 0.25) is 11.8 Å². The van der Waals surface area contributed by atoms with Gasteiger partial charge in [-0.25, -0.2) is 4.98 Å². The molecule has 0 aliphatic carbocycles. The summed E-state index contributed by atoms with van der Waals surface area (Å²) in [7, 11) is 0. The van der Waals surface area contributed by atoms with Crippen LogP contribution in [0.25, 0.3) is 0 Å². The third-order valence-electron chi connectivity index (χ3n) is 3.29. The van der Waals surface area contributed by atoms with Crippen molar-refractivity contribution in [3.8, 4) is 11.6 Å². The molecule has 2 aromatic heterocycles. The number of H-pyrrole nitrogens is 1. The number of carbonyl (C=O) groups is 1. The van der Waals surface area contributed by atoms with E-state index in [1.165, 1.54) is 0 Å². The molecule has 0 aliphatic heterocycles. The summed E-state index contributed by atoms with van der Waals surface area (Å²) in [5.41, 5.74) is 2.46. The average molecular weight is 342 g/mol. The highest BCUT2D eigenvalue weighted by Crippen LogP contribution is 2.22. The third-order valence-corrected chi connectivity index (χ3v) is 4.33. The minimum atomic E-state index is -0.0838. The Bertz CT molecular complexity index is 823. The fourth-order valence-electron chi connectivity index (χ4n) is 2.13. The number of hydrogen-bond acceptors (Lipinski definition) is 5. The van der Waals surface area contributed by atoms with Crippen LogP contribution in [0, 0.1) is 6.92 Å². The smallest absolute Gasteiger partial charge is 0.238 e. The van der Waals surface area contributed by atoms with Gasteiger partial charge in [-0.15, -0.1) is 16.4 Å². The first-order chi connectivity index (χ1) is 11.6. The molecule has 2 N–H and O–H groups in total. The largest absolute Gasteiger partial charge is 0.438 e. The molecule has 3 rings (SSSR count). The zero-order valence-corrected chi connectivity index (χ0v) is 14.3. The van der Waals surface area contributed by atoms with E-state index in [4.69, 9.17) is 4.74 Å². The van der Waals surface area contributed by atoms with Gasteiger partial charge < -0.3 is 10.1 Å². The molecule has 0 saturated carbocycles. The maximum Gasteiger partial charge on any atom is 0.238 e. The maximum atomic E-state index is 12.1. The molecule has 0 fully saturated rings. The Kier molecular flexibility index (Phi) is 4.90. The molecular weight excluding hydrogens is 324 g/mol. The number of hydrogen-bond donors (Lipinski definition) is 2. The molecule has 0 spiro atoms. The standard InChI is InChI=1S/C17H18N4O2S/c1-3-17-19-13(10-24-17)9-15(22)18-12-4-6-14(7-5-12)23-16-8-11(2)20-21-16/h4-8,10H,3,9H2,1-2H3,(H,18,22)(H,20,21). The van der Waals surface area contributed by atoms with E-state index in [1.54, 1.807) is 35.6 Å². The first-order valence-electron chi connectivity index (χ1n) is 7.65. The molecule has 7 heteroatoms. The Labute approximate surface area is 143 Å². The second kappa shape index (κ2) is 7.27. The summed E-state index contributed by atoms with van der Waals surface area (Å²) in [4.78, 5) is 16.5. The summed E-state index contributed by atoms with van der Waals surface area (Å²) in [6.45, 7) is 3.96. The van der Waals surface area contributed by atoms with Crippen LogP contribution in [-0.2, 0) is 17.6 Å². The van der Waals surface area contributed by atoms with Crippen molar-refractivity contribution in [1.29, 1.82) is 0 Å². The monoisotopic (exact) mass is 342 g/mol. The second-order valence-electron chi connectivity index (χ2n) is 5.33. The quantitative estimate of drug-likeness (QED) is 0.715. The Morgan fingerprint density at radius 1 is 1.33 bits per heavy atom. The first kappa shape index (κ1) is 16.2. The molecule has 0 unspecified atom stereocenters. The number of amides is 1. The molecule has 1 amide bonds. The SMILES string of the molecule is CCc1nc(CC(=O)Nc2ccc(Oc3cc(C)[nH]n3)cc2)cs1. The molecule has 2 heterocycles. The molecule has 24 heavy (non-hydrogen) atoms. The van der Waals surface area contributed by atoms with Crippen LogP contribution in [-0.4, -0.2) is 21.1 Å². The van der Waals surface area contributed by atoms with Crippen LogP contribution in [0.1, 0.15) is 23.3 Å². The van der Waals surface area contributed by atoms with Gasteiger partial charge in [0.1, 0.15) is 5.75 Å². The van der Waals surface area contributed by atoms with Crippen LogP contribution in [0.3, 0.4) is 0 Å². The third kappa shape index (κ3) is 4.20. The zero-order chi connectivity index (χ0) is 16.9. The van der Waals surface area contributed by atoms with E-state index in [1.807, 2.05) is 18.4 Å². The molecule has 124 valence electrons. The zero-order valence-electron chi connectivity index (χ0n) is 13.5. The average Bonchev–Trinajstić information content (AvgIpc) is 3.18. The predicted molar refractivity (Wildman–Crippen MR) is 93.7 cm³/mol. The van der Waals surface area contributed by atoms with Crippen molar-refractivity contribution in [3.63, 3.8) is 0 Å². The van der Waals surface area contributed by atoms with Crippen molar-refractivity contribution >= 4 is 22.9 Å². The van der Waals surface area contributed by atoms with Gasteiger partial charge in [-0.2, -0.15) is 0 Å². The number of aromatic amines is 1. The number of nitrogens with one attached hydrogen (secondary N) is 2. The Balaban J connectivity index is 1.56. The molecule has 0 radical (unpaired) electrons. The molecule has 1 aromatic carbocycles. The van der Waals surface area contributed by atoms with Gasteiger partial charge >= 0.3 is 0 Å². The van der Waals surface area contributed by atoms with E-state index in [0.29, 0.717) is 11.6 Å². The van der Waals surface area contributed by atoms with Gasteiger partial charge in [0.05, 0.1) is 17.1 Å². The summed E-state index contributed by atoms with van der Waals surface area (Å²) in [5.74, 6) is 1.09. The van der Waals surface area contributed by atoms with Crippen molar-refractivity contribution in [1.82, 2.24) is 15.2 Å². The highest BCUT2D eigenvalue weighted by Gasteiger charge is 2.08. The van der Waals surface area contributed by atoms with Crippen molar-refractivity contribution in [2.24, 2.45) is 0 Å². The molecular formula is C17H18N4O2S. The summed E-state index contributed by atoms with van der Waals surface area (Å²) >= 11 is 1.59. The second-order valence-corrected chi connectivity index (χ2v) is 6.27. The number of carbonyl (C=O) groups excluding carboxylic acids is 1. The van der Waals surface area contributed by atoms with Gasteiger partial charge in [-0.05, 0) is 37.6 Å². The van der Waals surface area contributed by atoms with Crippen LogP contribution in [0.2, 0.25) is 0 Å². The van der Waals surface area contributed by atoms with Crippen LogP contribution in [0.4, 0.5) is 5.69 Å². The van der Waals surface area contributed by atoms with Crippen LogP contribution >= 0.6 is 11.3 Å². The summed E-state index contributed by atoms with van der Waals surface area (Å²) in [5, 5.41) is 12.7. The normalized spacial score (nSPS) is 10.6. The lowest BCUT2D eigenvalue weighted by Crippen LogP contribution is -2.14. The van der Waals surface area contributed by atoms with E-state index < -0.39 is 0 Å². The first-order valence-corrected chi connectivity index (χ1v) is 8.53. The number of anilines is 1. The van der Waals surface area contributed by atoms with Crippen molar-refractivity contribution in [3.05, 3.63) is 52.1 Å². The summed E-state index contributed by atoms with van der Waals surface area (Å²) < 4.78 is 5.61. The van der Waals surface area contributed by atoms with Crippen molar-refractivity contribution < 1.29 is 9.53 Å². The lowest BCUT2D eigenvalue weighted by atomic mass is 10.2. The van der Waals surface area contributed by atoms with Gasteiger partial charge in [0.15, 0.2) is 0 Å². The Morgan fingerprint density at radius 2 is 2.12 bits per heavy atom. The van der Waals surface area contributed by atoms with E-state index in [9.17, 15) is 4.79 Å². The number of benzene rings is 1. The fourth-order valence-corrected chi connectivity index (χ4v) is 2.88. The van der Waals surface area contributed by atoms with Gasteiger partial charge in [-0.1, -0.05) is 6.92 Å². The number of rotatable bonds is 6. The van der Waals surface area contributed by atoms with Gasteiger partial charge in [0, 0.05) is 22.8 Å². The van der Waals surface area contributed by atoms with Crippen LogP contribution in [0.5, 0.6) is 11.6 Å². The molecule has 0 bridgehead atoms. The predicted octanol–water partition coefficient (Wildman–Crippen LogP) is 3.71. The van der Waals surface area contributed by atoms with E-state index in [-0.39, 0.29) is 12.3 Å². The number of nitrogens with zero attached hydrogens (tertiary/aromatic N) is 2. The summed E-state index contributed by atoms with van der Waals surface area (Å²) in [6, 6.07) is 8.99. The Morgan fingerprint density at radius 3 is 2.75 bits per heavy atom. The molecule has 0 aliphatic rings. The van der Waals surface area contributed by atoms with Gasteiger partial charge in [0.25, 0.3) is 0 Å². The summed E-state index contributed by atoms with van der Waals surface area (Å²) in [6.07, 6.45) is 1.17. The molecule has 3 aromatic rings. The van der Waals surface area contributed by atoms with E-state index >= 15 is 0 Å². The lowest BCUT2D eigenvalue weighted by Gasteiger charge is -2.06. The minimum Gasteiger partial charge on any atom is -0.438 e. The lowest BCUT2D eigenvalue weighted by molar-refractivity contribution is -0.115. The minimum absolute atomic E-state index is 0.0838. The fraction of sp³-hybridized carbons (Fsp3) is 0.235. The molecule has 6 nitrogen and oxygen atoms in total. The van der Waals surface area contributed by atoms with Gasteiger partial charge in [-0.3, -0.25) is 9.89 Å². The molecule has 0 saturated heterocycles. The molecule has 0 atom stereocenters. The van der Waals surface area contributed by atoms with Crippen molar-refractivity contribution in [2.75, 3.05) is 5.32 Å². The maximum absolute atomic E-state index is 12.1.